The van der Waals surface area contributed by atoms with Crippen LogP contribution in [0.15, 0.2) is 36.4 Å². The summed E-state index contributed by atoms with van der Waals surface area (Å²) in [6.45, 7) is 0. The minimum atomic E-state index is -0.614. The third-order valence-corrected chi connectivity index (χ3v) is 5.18. The molecule has 1 saturated carbocycles. The number of aromatic nitrogens is 1. The van der Waals surface area contributed by atoms with Crippen molar-refractivity contribution in [3.8, 4) is 11.3 Å². The number of benzene rings is 2. The second kappa shape index (κ2) is 6.23. The van der Waals surface area contributed by atoms with Gasteiger partial charge in [0.15, 0.2) is 0 Å². The van der Waals surface area contributed by atoms with Gasteiger partial charge in [-0.25, -0.2) is 13.2 Å². The number of nitrogens with one attached hydrogen (secondary N) is 1. The van der Waals surface area contributed by atoms with Crippen molar-refractivity contribution in [2.75, 3.05) is 0 Å². The highest BCUT2D eigenvalue weighted by Gasteiger charge is 2.27. The van der Waals surface area contributed by atoms with Crippen LogP contribution in [0.2, 0.25) is 0 Å². The van der Waals surface area contributed by atoms with E-state index in [9.17, 15) is 13.2 Å². The molecule has 130 valence electrons. The Morgan fingerprint density at radius 3 is 2.24 bits per heavy atom. The Balaban J connectivity index is 1.93. The Hall–Kier alpha value is -2.27. The third-order valence-electron chi connectivity index (χ3n) is 5.18. The van der Waals surface area contributed by atoms with Gasteiger partial charge in [-0.3, -0.25) is 0 Å². The summed E-state index contributed by atoms with van der Waals surface area (Å²) < 4.78 is 41.4. The molecule has 0 bridgehead atoms. The average Bonchev–Trinajstić information content (AvgIpc) is 2.96. The molecule has 1 aliphatic rings. The van der Waals surface area contributed by atoms with E-state index in [0.717, 1.165) is 48.6 Å². The molecule has 2 aromatic carbocycles. The molecule has 0 spiro atoms. The predicted octanol–water partition coefficient (Wildman–Crippen LogP) is 5.24. The monoisotopic (exact) mass is 344 g/mol. The quantitative estimate of drug-likeness (QED) is 0.656. The van der Waals surface area contributed by atoms with Gasteiger partial charge < -0.3 is 10.7 Å². The lowest BCUT2D eigenvalue weighted by molar-refractivity contribution is 0.397. The normalized spacial score (nSPS) is 21.0. The van der Waals surface area contributed by atoms with Gasteiger partial charge in [0, 0.05) is 17.5 Å². The van der Waals surface area contributed by atoms with Crippen molar-refractivity contribution < 1.29 is 13.2 Å². The maximum Gasteiger partial charge on any atom is 0.150 e. The lowest BCUT2D eigenvalue weighted by Crippen LogP contribution is -2.25. The highest BCUT2D eigenvalue weighted by atomic mass is 19.1. The van der Waals surface area contributed by atoms with E-state index >= 15 is 0 Å². The van der Waals surface area contributed by atoms with Crippen molar-refractivity contribution in [2.24, 2.45) is 5.73 Å². The number of hydrogen-bond donors (Lipinski definition) is 2. The van der Waals surface area contributed by atoms with E-state index in [1.807, 2.05) is 0 Å². The molecule has 0 amide bonds. The van der Waals surface area contributed by atoms with Gasteiger partial charge in [0.1, 0.15) is 17.5 Å². The summed E-state index contributed by atoms with van der Waals surface area (Å²) in [5.74, 6) is -1.36. The summed E-state index contributed by atoms with van der Waals surface area (Å²) in [5, 5.41) is 0.567. The largest absolute Gasteiger partial charge is 0.352 e. The summed E-state index contributed by atoms with van der Waals surface area (Å²) in [7, 11) is 0. The van der Waals surface area contributed by atoms with Gasteiger partial charge in [0.25, 0.3) is 0 Å². The zero-order chi connectivity index (χ0) is 17.6. The van der Waals surface area contributed by atoms with Crippen molar-refractivity contribution in [1.29, 1.82) is 0 Å². The number of halogens is 3. The molecule has 0 unspecified atom stereocenters. The zero-order valence-electron chi connectivity index (χ0n) is 13.7. The summed E-state index contributed by atoms with van der Waals surface area (Å²) in [4.78, 5) is 3.11. The Kier molecular flexibility index (Phi) is 4.04. The number of fused-ring (bicyclic) bond motifs is 1. The van der Waals surface area contributed by atoms with Crippen molar-refractivity contribution in [1.82, 2.24) is 4.98 Å². The Morgan fingerprint density at radius 2 is 1.56 bits per heavy atom. The van der Waals surface area contributed by atoms with Crippen LogP contribution in [0.4, 0.5) is 13.2 Å². The molecule has 0 saturated heterocycles. The van der Waals surface area contributed by atoms with Crippen LogP contribution in [0, 0.1) is 17.5 Å². The molecule has 0 radical (unpaired) electrons. The van der Waals surface area contributed by atoms with Gasteiger partial charge in [-0.05, 0) is 73.1 Å². The summed E-state index contributed by atoms with van der Waals surface area (Å²) >= 11 is 0. The zero-order valence-corrected chi connectivity index (χ0v) is 13.7. The van der Waals surface area contributed by atoms with E-state index in [2.05, 4.69) is 4.98 Å². The van der Waals surface area contributed by atoms with E-state index < -0.39 is 11.6 Å². The molecule has 1 fully saturated rings. The fraction of sp³-hybridized carbons (Fsp3) is 0.300. The van der Waals surface area contributed by atoms with Crippen LogP contribution in [0.1, 0.15) is 37.2 Å². The van der Waals surface area contributed by atoms with Gasteiger partial charge in [0.05, 0.1) is 11.2 Å². The van der Waals surface area contributed by atoms with Crippen LogP contribution in [0.3, 0.4) is 0 Å². The number of nitrogens with two attached hydrogens (primary N) is 1. The topological polar surface area (TPSA) is 41.8 Å². The lowest BCUT2D eigenvalue weighted by atomic mass is 9.80. The van der Waals surface area contributed by atoms with E-state index in [0.29, 0.717) is 10.9 Å². The first-order chi connectivity index (χ1) is 12.0. The van der Waals surface area contributed by atoms with E-state index in [-0.39, 0.29) is 17.8 Å². The van der Waals surface area contributed by atoms with Crippen molar-refractivity contribution in [3.63, 3.8) is 0 Å². The van der Waals surface area contributed by atoms with Crippen molar-refractivity contribution in [3.05, 3.63) is 59.4 Å². The maximum atomic E-state index is 14.3. The fourth-order valence-corrected chi connectivity index (χ4v) is 3.92. The summed E-state index contributed by atoms with van der Waals surface area (Å²) in [5.41, 5.74) is 8.72. The maximum absolute atomic E-state index is 14.3. The number of hydrogen-bond acceptors (Lipinski definition) is 1. The molecule has 1 aromatic heterocycles. The van der Waals surface area contributed by atoms with Crippen LogP contribution < -0.4 is 5.73 Å². The highest BCUT2D eigenvalue weighted by molar-refractivity contribution is 5.92. The average molecular weight is 344 g/mol. The Morgan fingerprint density at radius 1 is 0.880 bits per heavy atom. The minimum absolute atomic E-state index is 0.176. The van der Waals surface area contributed by atoms with Gasteiger partial charge >= 0.3 is 0 Å². The minimum Gasteiger partial charge on any atom is -0.352 e. The summed E-state index contributed by atoms with van der Waals surface area (Å²) in [6, 6.07) is 8.51. The second-order valence-electron chi connectivity index (χ2n) is 6.84. The van der Waals surface area contributed by atoms with Crippen LogP contribution in [-0.2, 0) is 0 Å². The summed E-state index contributed by atoms with van der Waals surface area (Å²) in [6.07, 6.45) is 3.52. The molecule has 3 aromatic rings. The van der Waals surface area contributed by atoms with E-state index in [1.54, 1.807) is 12.1 Å². The molecular formula is C20H19F3N2. The molecule has 1 aliphatic carbocycles. The standard InChI is InChI=1S/C20H19F3N2/c21-13-5-1-12(2-6-13)19-18(11-3-7-15(24)8-4-11)16-9-14(22)10-17(23)20(16)25-19/h1-2,5-6,9-11,15,25H,3-4,7-8,24H2. The number of H-pyrrole nitrogens is 1. The number of aromatic amines is 1. The smallest absolute Gasteiger partial charge is 0.150 e. The van der Waals surface area contributed by atoms with Crippen LogP contribution >= 0.6 is 0 Å². The fourth-order valence-electron chi connectivity index (χ4n) is 3.92. The lowest BCUT2D eigenvalue weighted by Gasteiger charge is -2.27. The van der Waals surface area contributed by atoms with E-state index in [1.165, 1.54) is 18.2 Å². The molecule has 25 heavy (non-hydrogen) atoms. The third kappa shape index (κ3) is 2.93. The second-order valence-corrected chi connectivity index (χ2v) is 6.84. The highest BCUT2D eigenvalue weighted by Crippen LogP contribution is 2.42. The Labute approximate surface area is 143 Å². The van der Waals surface area contributed by atoms with Crippen molar-refractivity contribution >= 4 is 10.9 Å². The Bertz CT molecular complexity index is 907. The molecule has 4 rings (SSSR count). The number of rotatable bonds is 2. The molecule has 5 heteroatoms. The van der Waals surface area contributed by atoms with Crippen LogP contribution in [0.5, 0.6) is 0 Å². The van der Waals surface area contributed by atoms with Crippen molar-refractivity contribution in [2.45, 2.75) is 37.6 Å². The molecule has 1 heterocycles. The molecule has 2 nitrogen and oxygen atoms in total. The molecular weight excluding hydrogens is 325 g/mol. The molecule has 0 atom stereocenters. The van der Waals surface area contributed by atoms with Crippen LogP contribution in [0.25, 0.3) is 22.2 Å². The first-order valence-electron chi connectivity index (χ1n) is 8.55. The molecule has 3 N–H and O–H groups in total. The molecule has 0 aliphatic heterocycles. The van der Waals surface area contributed by atoms with Crippen LogP contribution in [-0.4, -0.2) is 11.0 Å². The van der Waals surface area contributed by atoms with Gasteiger partial charge in [-0.1, -0.05) is 0 Å². The van der Waals surface area contributed by atoms with E-state index in [4.69, 9.17) is 5.73 Å². The van der Waals surface area contributed by atoms with Gasteiger partial charge in [0.2, 0.25) is 0 Å². The van der Waals surface area contributed by atoms with Gasteiger partial charge in [-0.15, -0.1) is 0 Å². The first-order valence-corrected chi connectivity index (χ1v) is 8.55. The SMILES string of the molecule is NC1CCC(c2c(-c3ccc(F)cc3)[nH]c3c(F)cc(F)cc23)CC1. The predicted molar refractivity (Wildman–Crippen MR) is 92.8 cm³/mol. The first kappa shape index (κ1) is 16.2. The van der Waals surface area contributed by atoms with Gasteiger partial charge in [-0.2, -0.15) is 0 Å².